The zero-order valence-corrected chi connectivity index (χ0v) is 13.5. The largest absolute Gasteiger partial charge is 0.397 e. The highest BCUT2D eigenvalue weighted by Gasteiger charge is 2.16. The quantitative estimate of drug-likeness (QED) is 0.789. The first-order valence-electron chi connectivity index (χ1n) is 7.07. The van der Waals surface area contributed by atoms with E-state index in [1.807, 2.05) is 46.8 Å². The second-order valence-electron chi connectivity index (χ2n) is 3.78. The number of ether oxygens (including phenoxy) is 1. The molecule has 1 saturated heterocycles. The molecule has 4 heteroatoms. The topological polar surface area (TPSA) is 38.5 Å². The minimum Gasteiger partial charge on any atom is -0.397 e. The molecule has 2 N–H and O–H groups in total. The molecule has 1 aliphatic rings. The monoisotopic (exact) mass is 286 g/mol. The number of halogens is 1. The van der Waals surface area contributed by atoms with Crippen molar-refractivity contribution in [3.05, 3.63) is 22.7 Å². The van der Waals surface area contributed by atoms with Gasteiger partial charge in [0.25, 0.3) is 0 Å². The molecule has 1 aliphatic heterocycles. The van der Waals surface area contributed by atoms with Crippen molar-refractivity contribution in [3.63, 3.8) is 0 Å². The van der Waals surface area contributed by atoms with Gasteiger partial charge in [0.15, 0.2) is 0 Å². The number of benzene rings is 1. The van der Waals surface area contributed by atoms with Crippen LogP contribution in [0.5, 0.6) is 0 Å². The van der Waals surface area contributed by atoms with E-state index in [0.29, 0.717) is 0 Å². The highest BCUT2D eigenvalue weighted by Crippen LogP contribution is 2.33. The molecular weight excluding hydrogens is 260 g/mol. The predicted molar refractivity (Wildman–Crippen MR) is 86.3 cm³/mol. The predicted octanol–water partition coefficient (Wildman–Crippen LogP) is 4.12. The van der Waals surface area contributed by atoms with Gasteiger partial charge in [0.2, 0.25) is 0 Å². The third-order valence-corrected chi connectivity index (χ3v) is 2.85. The summed E-state index contributed by atoms with van der Waals surface area (Å²) in [5.74, 6) is 0. The van der Waals surface area contributed by atoms with Crippen LogP contribution >= 0.6 is 11.6 Å². The molecule has 3 nitrogen and oxygen atoms in total. The molecule has 0 bridgehead atoms. The van der Waals surface area contributed by atoms with Crippen molar-refractivity contribution in [2.45, 2.75) is 34.6 Å². The highest BCUT2D eigenvalue weighted by molar-refractivity contribution is 6.34. The maximum atomic E-state index is 6.21. The van der Waals surface area contributed by atoms with E-state index in [2.05, 4.69) is 4.90 Å². The fourth-order valence-corrected chi connectivity index (χ4v) is 2.28. The van der Waals surface area contributed by atoms with Gasteiger partial charge in [-0.05, 0) is 24.6 Å². The Hall–Kier alpha value is -0.930. The highest BCUT2D eigenvalue weighted by atomic mass is 35.5. The van der Waals surface area contributed by atoms with E-state index in [1.165, 1.54) is 0 Å². The summed E-state index contributed by atoms with van der Waals surface area (Å²) in [5.41, 5.74) is 8.78. The smallest absolute Gasteiger partial charge is 0.0790 e. The van der Waals surface area contributed by atoms with E-state index in [-0.39, 0.29) is 0 Å². The summed E-state index contributed by atoms with van der Waals surface area (Å²) in [6.45, 7) is 13.2. The van der Waals surface area contributed by atoms with Crippen LogP contribution in [0, 0.1) is 6.92 Å². The molecule has 0 atom stereocenters. The summed E-state index contributed by atoms with van der Waals surface area (Å²) in [7, 11) is 0. The maximum Gasteiger partial charge on any atom is 0.0790 e. The van der Waals surface area contributed by atoms with Crippen LogP contribution in [-0.2, 0) is 4.74 Å². The van der Waals surface area contributed by atoms with Crippen LogP contribution in [0.3, 0.4) is 0 Å². The summed E-state index contributed by atoms with van der Waals surface area (Å²) in [6.07, 6.45) is 0. The van der Waals surface area contributed by atoms with Crippen molar-refractivity contribution in [1.82, 2.24) is 0 Å². The Bertz CT molecular complexity index is 340. The van der Waals surface area contributed by atoms with Gasteiger partial charge >= 0.3 is 0 Å². The van der Waals surface area contributed by atoms with E-state index in [9.17, 15) is 0 Å². The average Bonchev–Trinajstić information content (AvgIpc) is 2.43. The molecule has 0 saturated carbocycles. The van der Waals surface area contributed by atoms with Gasteiger partial charge in [-0.15, -0.1) is 0 Å². The Kier molecular flexibility index (Phi) is 9.44. The Balaban J connectivity index is 0.000000741. The molecule has 0 aliphatic carbocycles. The molecule has 1 aromatic rings. The molecule has 19 heavy (non-hydrogen) atoms. The van der Waals surface area contributed by atoms with E-state index in [4.69, 9.17) is 22.1 Å². The van der Waals surface area contributed by atoms with Crippen molar-refractivity contribution in [3.8, 4) is 0 Å². The molecule has 0 amide bonds. The first-order valence-corrected chi connectivity index (χ1v) is 7.44. The van der Waals surface area contributed by atoms with Crippen LogP contribution in [-0.4, -0.2) is 26.3 Å². The third-order valence-electron chi connectivity index (χ3n) is 2.56. The molecule has 0 unspecified atom stereocenters. The standard InChI is InChI=1S/C11H15ClN2O.2C2H6/c1-8-6-9(12)11(10(13)7-8)14-2-4-15-5-3-14;2*1-2/h6-7H,2-5,13H2,1H3;2*1-2H3. The summed E-state index contributed by atoms with van der Waals surface area (Å²) in [5, 5.41) is 0.731. The van der Waals surface area contributed by atoms with Gasteiger partial charge in [-0.2, -0.15) is 0 Å². The molecule has 0 radical (unpaired) electrons. The molecule has 0 aromatic heterocycles. The summed E-state index contributed by atoms with van der Waals surface area (Å²) >= 11 is 6.21. The number of rotatable bonds is 1. The zero-order valence-electron chi connectivity index (χ0n) is 12.8. The molecule has 2 rings (SSSR count). The lowest BCUT2D eigenvalue weighted by atomic mass is 10.1. The average molecular weight is 287 g/mol. The minimum atomic E-state index is 0.731. The molecule has 1 aromatic carbocycles. The van der Waals surface area contributed by atoms with Crippen molar-refractivity contribution < 1.29 is 4.74 Å². The molecule has 110 valence electrons. The first-order chi connectivity index (χ1) is 9.18. The van der Waals surface area contributed by atoms with Crippen LogP contribution in [0.1, 0.15) is 33.3 Å². The fraction of sp³-hybridized carbons (Fsp3) is 0.600. The molecule has 1 heterocycles. The third kappa shape index (κ3) is 5.29. The number of hydrogen-bond donors (Lipinski definition) is 1. The minimum absolute atomic E-state index is 0.731. The Morgan fingerprint density at radius 2 is 1.63 bits per heavy atom. The van der Waals surface area contributed by atoms with Crippen molar-refractivity contribution in [1.29, 1.82) is 0 Å². The van der Waals surface area contributed by atoms with Gasteiger partial charge in [-0.3, -0.25) is 0 Å². The van der Waals surface area contributed by atoms with Crippen molar-refractivity contribution >= 4 is 23.0 Å². The fourth-order valence-electron chi connectivity index (χ4n) is 1.88. The van der Waals surface area contributed by atoms with Gasteiger partial charge < -0.3 is 15.4 Å². The zero-order chi connectivity index (χ0) is 14.8. The van der Waals surface area contributed by atoms with Gasteiger partial charge in [-0.25, -0.2) is 0 Å². The van der Waals surface area contributed by atoms with Gasteiger partial charge in [-0.1, -0.05) is 39.3 Å². The number of anilines is 2. The van der Waals surface area contributed by atoms with E-state index >= 15 is 0 Å². The van der Waals surface area contributed by atoms with Gasteiger partial charge in [0.1, 0.15) is 0 Å². The van der Waals surface area contributed by atoms with E-state index < -0.39 is 0 Å². The number of nitrogens with zero attached hydrogens (tertiary/aromatic N) is 1. The van der Waals surface area contributed by atoms with Crippen molar-refractivity contribution in [2.75, 3.05) is 36.9 Å². The lowest BCUT2D eigenvalue weighted by Gasteiger charge is -2.30. The Morgan fingerprint density at radius 1 is 1.11 bits per heavy atom. The summed E-state index contributed by atoms with van der Waals surface area (Å²) in [6, 6.07) is 3.90. The molecule has 0 spiro atoms. The van der Waals surface area contributed by atoms with E-state index in [0.717, 1.165) is 48.3 Å². The Labute approximate surface area is 122 Å². The normalized spacial score (nSPS) is 13.9. The van der Waals surface area contributed by atoms with Crippen LogP contribution in [0.15, 0.2) is 12.1 Å². The molecular formula is C15H27ClN2O. The van der Waals surface area contributed by atoms with Crippen LogP contribution in [0.25, 0.3) is 0 Å². The first kappa shape index (κ1) is 18.1. The second kappa shape index (κ2) is 9.93. The number of morpholine rings is 1. The summed E-state index contributed by atoms with van der Waals surface area (Å²) < 4.78 is 5.30. The SMILES string of the molecule is CC.CC.Cc1cc(N)c(N2CCOCC2)c(Cl)c1. The lowest BCUT2D eigenvalue weighted by molar-refractivity contribution is 0.123. The van der Waals surface area contributed by atoms with Crippen LogP contribution < -0.4 is 10.6 Å². The molecule has 1 fully saturated rings. The van der Waals surface area contributed by atoms with Crippen LogP contribution in [0.2, 0.25) is 5.02 Å². The summed E-state index contributed by atoms with van der Waals surface area (Å²) in [4.78, 5) is 2.18. The van der Waals surface area contributed by atoms with Crippen molar-refractivity contribution in [2.24, 2.45) is 0 Å². The lowest BCUT2D eigenvalue weighted by Crippen LogP contribution is -2.36. The number of hydrogen-bond acceptors (Lipinski definition) is 3. The number of nitrogens with two attached hydrogens (primary N) is 1. The van der Waals surface area contributed by atoms with Gasteiger partial charge in [0, 0.05) is 13.1 Å². The number of nitrogen functional groups attached to an aromatic ring is 1. The second-order valence-corrected chi connectivity index (χ2v) is 4.19. The number of aryl methyl sites for hydroxylation is 1. The van der Waals surface area contributed by atoms with E-state index in [1.54, 1.807) is 0 Å². The van der Waals surface area contributed by atoms with Crippen LogP contribution in [0.4, 0.5) is 11.4 Å². The Morgan fingerprint density at radius 3 is 2.11 bits per heavy atom. The maximum absolute atomic E-state index is 6.21. The van der Waals surface area contributed by atoms with Gasteiger partial charge in [0.05, 0.1) is 29.6 Å².